The molecule has 8 heteroatoms. The molecule has 0 unspecified atom stereocenters. The first kappa shape index (κ1) is 21.5. The van der Waals surface area contributed by atoms with Gasteiger partial charge in [0, 0.05) is 19.1 Å². The highest BCUT2D eigenvalue weighted by molar-refractivity contribution is 5.88. The van der Waals surface area contributed by atoms with Crippen molar-refractivity contribution in [3.8, 4) is 0 Å². The summed E-state index contributed by atoms with van der Waals surface area (Å²) < 4.78 is 10.2. The molecule has 8 nitrogen and oxygen atoms in total. The predicted molar refractivity (Wildman–Crippen MR) is 100 cm³/mol. The summed E-state index contributed by atoms with van der Waals surface area (Å²) in [5, 5.41) is 6.05. The average Bonchev–Trinajstić information content (AvgIpc) is 3.10. The van der Waals surface area contributed by atoms with Crippen LogP contribution in [0.15, 0.2) is 0 Å². The largest absolute Gasteiger partial charge is 0.469 e. The highest BCUT2D eigenvalue weighted by atomic mass is 16.6. The highest BCUT2D eigenvalue weighted by Crippen LogP contribution is 2.33. The lowest BCUT2D eigenvalue weighted by molar-refractivity contribution is -0.148. The molecule has 27 heavy (non-hydrogen) atoms. The fourth-order valence-corrected chi connectivity index (χ4v) is 3.81. The van der Waals surface area contributed by atoms with Crippen molar-refractivity contribution in [2.45, 2.75) is 71.7 Å². The van der Waals surface area contributed by atoms with Crippen LogP contribution in [0.3, 0.4) is 0 Å². The summed E-state index contributed by atoms with van der Waals surface area (Å²) in [7, 11) is 1.36. The van der Waals surface area contributed by atoms with Gasteiger partial charge in [0.25, 0.3) is 0 Å². The topological polar surface area (TPSA) is 97.0 Å². The standard InChI is InChI=1S/C19H33N3O5/c1-18(2,3)14(21-17(25)27-19(4,5)6)15(23)22-9-8-12-13(22)11(10-20-12)16(24)26-7/h11-14,20H,8-10H2,1-7H3,(H,21,25)/t11-,12+,13+,14+/m0/s1. The number of alkyl carbamates (subject to hydrolysis) is 1. The van der Waals surface area contributed by atoms with E-state index >= 15 is 0 Å². The first-order chi connectivity index (χ1) is 12.3. The number of likely N-dealkylation sites (tertiary alicyclic amines) is 1. The van der Waals surface area contributed by atoms with E-state index in [1.165, 1.54) is 7.11 Å². The van der Waals surface area contributed by atoms with Gasteiger partial charge in [-0.25, -0.2) is 4.79 Å². The van der Waals surface area contributed by atoms with Gasteiger partial charge in [0.2, 0.25) is 5.91 Å². The normalized spacial score (nSPS) is 26.3. The first-order valence-electron chi connectivity index (χ1n) is 9.46. The summed E-state index contributed by atoms with van der Waals surface area (Å²) in [6.45, 7) is 12.0. The Labute approximate surface area is 161 Å². The molecule has 2 saturated heterocycles. The molecule has 2 rings (SSSR count). The van der Waals surface area contributed by atoms with Crippen molar-refractivity contribution in [1.82, 2.24) is 15.5 Å². The number of fused-ring (bicyclic) bond motifs is 1. The van der Waals surface area contributed by atoms with E-state index in [9.17, 15) is 14.4 Å². The van der Waals surface area contributed by atoms with Crippen molar-refractivity contribution in [3.05, 3.63) is 0 Å². The average molecular weight is 383 g/mol. The van der Waals surface area contributed by atoms with E-state index in [2.05, 4.69) is 10.6 Å². The molecule has 0 aromatic rings. The highest BCUT2D eigenvalue weighted by Gasteiger charge is 2.51. The minimum absolute atomic E-state index is 0.0696. The van der Waals surface area contributed by atoms with Gasteiger partial charge in [-0.1, -0.05) is 20.8 Å². The number of hydrogen-bond acceptors (Lipinski definition) is 6. The Morgan fingerprint density at radius 3 is 2.30 bits per heavy atom. The van der Waals surface area contributed by atoms with Crippen molar-refractivity contribution < 1.29 is 23.9 Å². The van der Waals surface area contributed by atoms with Gasteiger partial charge < -0.3 is 25.0 Å². The minimum atomic E-state index is -0.759. The van der Waals surface area contributed by atoms with E-state index in [1.54, 1.807) is 25.7 Å². The fraction of sp³-hybridized carbons (Fsp3) is 0.842. The molecule has 4 atom stereocenters. The van der Waals surface area contributed by atoms with Crippen LogP contribution in [0.25, 0.3) is 0 Å². The van der Waals surface area contributed by atoms with Gasteiger partial charge in [-0.05, 0) is 32.6 Å². The Kier molecular flexibility index (Phi) is 6.09. The van der Waals surface area contributed by atoms with Crippen molar-refractivity contribution in [1.29, 1.82) is 0 Å². The summed E-state index contributed by atoms with van der Waals surface area (Å²) >= 11 is 0. The lowest BCUT2D eigenvalue weighted by Gasteiger charge is -2.36. The Morgan fingerprint density at radius 1 is 1.15 bits per heavy atom. The molecule has 0 saturated carbocycles. The van der Waals surface area contributed by atoms with Crippen LogP contribution < -0.4 is 10.6 Å². The summed E-state index contributed by atoms with van der Waals surface area (Å²) in [6.07, 6.45) is 0.147. The third kappa shape index (κ3) is 4.91. The van der Waals surface area contributed by atoms with Gasteiger partial charge in [-0.2, -0.15) is 0 Å². The van der Waals surface area contributed by atoms with E-state index in [-0.39, 0.29) is 24.0 Å². The van der Waals surface area contributed by atoms with Crippen molar-refractivity contribution in [3.63, 3.8) is 0 Å². The van der Waals surface area contributed by atoms with Crippen molar-refractivity contribution in [2.75, 3.05) is 20.2 Å². The third-order valence-electron chi connectivity index (χ3n) is 5.03. The number of nitrogens with zero attached hydrogens (tertiary/aromatic N) is 1. The number of ether oxygens (including phenoxy) is 2. The van der Waals surface area contributed by atoms with Crippen molar-refractivity contribution >= 4 is 18.0 Å². The zero-order valence-electron chi connectivity index (χ0n) is 17.4. The summed E-state index contributed by atoms with van der Waals surface area (Å²) in [4.78, 5) is 39.5. The van der Waals surface area contributed by atoms with Crippen LogP contribution in [0.5, 0.6) is 0 Å². The van der Waals surface area contributed by atoms with Gasteiger partial charge in [0.15, 0.2) is 0 Å². The molecular formula is C19H33N3O5. The molecule has 0 aromatic carbocycles. The van der Waals surface area contributed by atoms with Gasteiger partial charge >= 0.3 is 12.1 Å². The second-order valence-electron chi connectivity index (χ2n) is 9.40. The number of carbonyl (C=O) groups is 3. The van der Waals surface area contributed by atoms with Crippen LogP contribution >= 0.6 is 0 Å². The zero-order valence-corrected chi connectivity index (χ0v) is 17.4. The summed E-state index contributed by atoms with van der Waals surface area (Å²) in [6, 6.07) is -0.944. The summed E-state index contributed by atoms with van der Waals surface area (Å²) in [5.41, 5.74) is -1.17. The first-order valence-corrected chi connectivity index (χ1v) is 9.46. The van der Waals surface area contributed by atoms with Gasteiger partial charge in [0.1, 0.15) is 11.6 Å². The van der Waals surface area contributed by atoms with Crippen molar-refractivity contribution in [2.24, 2.45) is 11.3 Å². The van der Waals surface area contributed by atoms with E-state index in [0.29, 0.717) is 13.1 Å². The van der Waals surface area contributed by atoms with Crippen LogP contribution in [0.4, 0.5) is 4.79 Å². The molecule has 0 aliphatic carbocycles. The molecule has 0 radical (unpaired) electrons. The van der Waals surface area contributed by atoms with Crippen LogP contribution in [-0.4, -0.2) is 66.8 Å². The van der Waals surface area contributed by atoms with E-state index in [0.717, 1.165) is 6.42 Å². The molecule has 0 aromatic heterocycles. The van der Waals surface area contributed by atoms with E-state index in [1.807, 2.05) is 20.8 Å². The van der Waals surface area contributed by atoms with E-state index < -0.39 is 29.1 Å². The molecular weight excluding hydrogens is 350 g/mol. The maximum Gasteiger partial charge on any atom is 0.408 e. The third-order valence-corrected chi connectivity index (χ3v) is 5.03. The maximum atomic E-state index is 13.4. The second kappa shape index (κ2) is 7.66. The smallest absolute Gasteiger partial charge is 0.408 e. The molecule has 2 fully saturated rings. The SMILES string of the molecule is COC(=O)[C@H]1CN[C@@H]2CCN(C(=O)[C@@H](NC(=O)OC(C)(C)C)C(C)(C)C)[C@H]12. The number of nitrogens with one attached hydrogen (secondary N) is 2. The summed E-state index contributed by atoms with van der Waals surface area (Å²) in [5.74, 6) is -0.908. The van der Waals surface area contributed by atoms with Gasteiger partial charge in [-0.3, -0.25) is 9.59 Å². The fourth-order valence-electron chi connectivity index (χ4n) is 3.81. The molecule has 0 spiro atoms. The molecule has 0 bridgehead atoms. The monoisotopic (exact) mass is 383 g/mol. The zero-order chi connectivity index (χ0) is 20.6. The molecule has 2 heterocycles. The molecule has 2 aliphatic rings. The lowest BCUT2D eigenvalue weighted by atomic mass is 9.85. The Balaban J connectivity index is 2.20. The maximum absolute atomic E-state index is 13.4. The number of hydrogen-bond donors (Lipinski definition) is 2. The Bertz CT molecular complexity index is 593. The van der Waals surface area contributed by atoms with Crippen LogP contribution in [0, 0.1) is 11.3 Å². The quantitative estimate of drug-likeness (QED) is 0.713. The molecule has 154 valence electrons. The number of carbonyl (C=O) groups excluding carboxylic acids is 3. The Morgan fingerprint density at radius 2 is 1.78 bits per heavy atom. The number of methoxy groups -OCH3 is 1. The molecule has 2 N–H and O–H groups in total. The van der Waals surface area contributed by atoms with Crippen LogP contribution in [-0.2, 0) is 19.1 Å². The number of esters is 1. The number of amides is 2. The van der Waals surface area contributed by atoms with Crippen LogP contribution in [0.1, 0.15) is 48.0 Å². The predicted octanol–water partition coefficient (Wildman–Crippen LogP) is 1.29. The van der Waals surface area contributed by atoms with Crippen LogP contribution in [0.2, 0.25) is 0 Å². The number of rotatable bonds is 3. The molecule has 2 amide bonds. The van der Waals surface area contributed by atoms with E-state index in [4.69, 9.17) is 9.47 Å². The molecule has 2 aliphatic heterocycles. The minimum Gasteiger partial charge on any atom is -0.469 e. The lowest BCUT2D eigenvalue weighted by Crippen LogP contribution is -2.58. The Hall–Kier alpha value is -1.83. The van der Waals surface area contributed by atoms with Gasteiger partial charge in [0.05, 0.1) is 19.1 Å². The van der Waals surface area contributed by atoms with Gasteiger partial charge in [-0.15, -0.1) is 0 Å². The second-order valence-corrected chi connectivity index (χ2v) is 9.40.